The summed E-state index contributed by atoms with van der Waals surface area (Å²) in [7, 11) is 0. The van der Waals surface area contributed by atoms with Crippen molar-refractivity contribution in [1.29, 1.82) is 5.26 Å². The highest BCUT2D eigenvalue weighted by Crippen LogP contribution is 2.21. The molecule has 20 heavy (non-hydrogen) atoms. The smallest absolute Gasteiger partial charge is 0.139 e. The monoisotopic (exact) mass is 273 g/mol. The zero-order valence-corrected chi connectivity index (χ0v) is 12.1. The molecule has 2 rings (SSSR count). The summed E-state index contributed by atoms with van der Waals surface area (Å²) >= 11 is 0. The van der Waals surface area contributed by atoms with Crippen LogP contribution in [0.1, 0.15) is 38.2 Å². The largest absolute Gasteiger partial charge is 0.492 e. The van der Waals surface area contributed by atoms with Crippen molar-refractivity contribution in [1.82, 2.24) is 4.90 Å². The molecule has 1 atom stereocenters. The number of nitrogen functional groups attached to an aromatic ring is 1. The normalized spacial score (nSPS) is 19.5. The predicted octanol–water partition coefficient (Wildman–Crippen LogP) is 2.78. The molecule has 108 valence electrons. The molecule has 0 aromatic heterocycles. The second-order valence-corrected chi connectivity index (χ2v) is 5.45. The van der Waals surface area contributed by atoms with Gasteiger partial charge in [0, 0.05) is 24.3 Å². The summed E-state index contributed by atoms with van der Waals surface area (Å²) in [6.07, 6.45) is 4.93. The first-order chi connectivity index (χ1) is 9.70. The van der Waals surface area contributed by atoms with Gasteiger partial charge >= 0.3 is 0 Å². The Morgan fingerprint density at radius 3 is 3.05 bits per heavy atom. The molecule has 1 aromatic rings. The van der Waals surface area contributed by atoms with Crippen LogP contribution >= 0.6 is 0 Å². The third-order valence-electron chi connectivity index (χ3n) is 3.91. The van der Waals surface area contributed by atoms with Gasteiger partial charge in [-0.05, 0) is 44.9 Å². The highest BCUT2D eigenvalue weighted by Gasteiger charge is 2.17. The molecule has 1 aromatic carbocycles. The average Bonchev–Trinajstić information content (AvgIpc) is 2.45. The molecular weight excluding hydrogens is 250 g/mol. The Bertz CT molecular complexity index is 481. The summed E-state index contributed by atoms with van der Waals surface area (Å²) < 4.78 is 5.71. The summed E-state index contributed by atoms with van der Waals surface area (Å²) in [5.41, 5.74) is 6.90. The fourth-order valence-electron chi connectivity index (χ4n) is 2.69. The molecule has 0 radical (unpaired) electrons. The van der Waals surface area contributed by atoms with Crippen molar-refractivity contribution in [2.45, 2.75) is 38.6 Å². The zero-order chi connectivity index (χ0) is 14.4. The van der Waals surface area contributed by atoms with Gasteiger partial charge in [-0.3, -0.25) is 0 Å². The van der Waals surface area contributed by atoms with Crippen molar-refractivity contribution in [2.24, 2.45) is 0 Å². The lowest BCUT2D eigenvalue weighted by molar-refractivity contribution is 0.148. The Morgan fingerprint density at radius 2 is 2.30 bits per heavy atom. The SMILES string of the molecule is C[C@@H]1CCCCN1CCCOc1cc(N)ccc1C#N. The predicted molar refractivity (Wildman–Crippen MR) is 80.6 cm³/mol. The summed E-state index contributed by atoms with van der Waals surface area (Å²) in [6.45, 7) is 5.18. The lowest BCUT2D eigenvalue weighted by Gasteiger charge is -2.33. The minimum Gasteiger partial charge on any atom is -0.492 e. The number of ether oxygens (including phenoxy) is 1. The number of hydrogen-bond donors (Lipinski definition) is 1. The summed E-state index contributed by atoms with van der Waals surface area (Å²) in [5, 5.41) is 9.03. The molecule has 0 saturated carbocycles. The average molecular weight is 273 g/mol. The van der Waals surface area contributed by atoms with Crippen LogP contribution in [0.3, 0.4) is 0 Å². The Labute approximate surface area is 121 Å². The molecular formula is C16H23N3O. The first-order valence-electron chi connectivity index (χ1n) is 7.37. The van der Waals surface area contributed by atoms with E-state index in [4.69, 9.17) is 15.7 Å². The van der Waals surface area contributed by atoms with E-state index in [9.17, 15) is 0 Å². The van der Waals surface area contributed by atoms with Gasteiger partial charge in [0.05, 0.1) is 12.2 Å². The van der Waals surface area contributed by atoms with Gasteiger partial charge in [-0.2, -0.15) is 5.26 Å². The summed E-state index contributed by atoms with van der Waals surface area (Å²) in [5.74, 6) is 0.596. The maximum absolute atomic E-state index is 9.03. The van der Waals surface area contributed by atoms with Crippen molar-refractivity contribution < 1.29 is 4.74 Å². The van der Waals surface area contributed by atoms with Crippen molar-refractivity contribution in [3.8, 4) is 11.8 Å². The van der Waals surface area contributed by atoms with Crippen molar-refractivity contribution in [3.05, 3.63) is 23.8 Å². The lowest BCUT2D eigenvalue weighted by atomic mass is 10.0. The number of anilines is 1. The van der Waals surface area contributed by atoms with E-state index in [1.54, 1.807) is 18.2 Å². The van der Waals surface area contributed by atoms with E-state index in [0.29, 0.717) is 29.6 Å². The Morgan fingerprint density at radius 1 is 1.45 bits per heavy atom. The van der Waals surface area contributed by atoms with Crippen molar-refractivity contribution >= 4 is 5.69 Å². The topological polar surface area (TPSA) is 62.3 Å². The minimum absolute atomic E-state index is 0.547. The molecule has 2 N–H and O–H groups in total. The molecule has 4 nitrogen and oxygen atoms in total. The van der Waals surface area contributed by atoms with Gasteiger partial charge in [-0.15, -0.1) is 0 Å². The van der Waals surface area contributed by atoms with Crippen molar-refractivity contribution in [2.75, 3.05) is 25.4 Å². The number of likely N-dealkylation sites (tertiary alicyclic amines) is 1. The van der Waals surface area contributed by atoms with Gasteiger partial charge in [-0.25, -0.2) is 0 Å². The third-order valence-corrected chi connectivity index (χ3v) is 3.91. The number of nitriles is 1. The highest BCUT2D eigenvalue weighted by atomic mass is 16.5. The number of nitrogens with two attached hydrogens (primary N) is 1. The lowest BCUT2D eigenvalue weighted by Crippen LogP contribution is -2.38. The van der Waals surface area contributed by atoms with E-state index in [0.717, 1.165) is 13.0 Å². The van der Waals surface area contributed by atoms with Crippen LogP contribution in [0.15, 0.2) is 18.2 Å². The minimum atomic E-state index is 0.547. The second-order valence-electron chi connectivity index (χ2n) is 5.45. The summed E-state index contributed by atoms with van der Waals surface area (Å²) in [4.78, 5) is 2.53. The van der Waals surface area contributed by atoms with Crippen molar-refractivity contribution in [3.63, 3.8) is 0 Å². The van der Waals surface area contributed by atoms with Crippen LogP contribution in [0.4, 0.5) is 5.69 Å². The number of hydrogen-bond acceptors (Lipinski definition) is 4. The van der Waals surface area contributed by atoms with Crippen LogP contribution in [-0.4, -0.2) is 30.6 Å². The van der Waals surface area contributed by atoms with Gasteiger partial charge in [0.1, 0.15) is 11.8 Å². The molecule has 0 amide bonds. The van der Waals surface area contributed by atoms with Crippen LogP contribution in [0, 0.1) is 11.3 Å². The quantitative estimate of drug-likeness (QED) is 0.662. The molecule has 1 fully saturated rings. The molecule has 4 heteroatoms. The van der Waals surface area contributed by atoms with Crippen LogP contribution < -0.4 is 10.5 Å². The maximum atomic E-state index is 9.03. The molecule has 1 aliphatic rings. The third kappa shape index (κ3) is 3.88. The van der Waals surface area contributed by atoms with Gasteiger partial charge in [0.15, 0.2) is 0 Å². The second kappa shape index (κ2) is 7.16. The first kappa shape index (κ1) is 14.7. The van der Waals surface area contributed by atoms with Crippen LogP contribution in [-0.2, 0) is 0 Å². The number of nitrogens with zero attached hydrogens (tertiary/aromatic N) is 2. The molecule has 1 heterocycles. The summed E-state index contributed by atoms with van der Waals surface area (Å²) in [6, 6.07) is 7.97. The number of piperidine rings is 1. The van der Waals surface area contributed by atoms with E-state index in [1.165, 1.54) is 25.8 Å². The van der Waals surface area contributed by atoms with E-state index in [2.05, 4.69) is 17.9 Å². The molecule has 0 spiro atoms. The van der Waals surface area contributed by atoms with Gasteiger partial charge in [0.2, 0.25) is 0 Å². The molecule has 0 aliphatic carbocycles. The Hall–Kier alpha value is -1.73. The van der Waals surface area contributed by atoms with Crippen LogP contribution in [0.25, 0.3) is 0 Å². The maximum Gasteiger partial charge on any atom is 0.139 e. The van der Waals surface area contributed by atoms with E-state index in [-0.39, 0.29) is 0 Å². The molecule has 0 unspecified atom stereocenters. The Kier molecular flexibility index (Phi) is 5.25. The molecule has 1 saturated heterocycles. The molecule has 1 aliphatic heterocycles. The van der Waals surface area contributed by atoms with Gasteiger partial charge < -0.3 is 15.4 Å². The fourth-order valence-corrected chi connectivity index (χ4v) is 2.69. The fraction of sp³-hybridized carbons (Fsp3) is 0.562. The Balaban J connectivity index is 1.78. The van der Waals surface area contributed by atoms with Crippen LogP contribution in [0.2, 0.25) is 0 Å². The number of benzene rings is 1. The highest BCUT2D eigenvalue weighted by molar-refractivity contribution is 5.52. The standard InChI is InChI=1S/C16H23N3O/c1-13-5-2-3-8-19(13)9-4-10-20-16-11-15(18)7-6-14(16)12-17/h6-7,11,13H,2-5,8-10,18H2,1H3/t13-/m1/s1. The van der Waals surface area contributed by atoms with Crippen LogP contribution in [0.5, 0.6) is 5.75 Å². The van der Waals surface area contributed by atoms with E-state index >= 15 is 0 Å². The zero-order valence-electron chi connectivity index (χ0n) is 12.1. The molecule has 0 bridgehead atoms. The van der Waals surface area contributed by atoms with E-state index < -0.39 is 0 Å². The number of rotatable bonds is 5. The van der Waals surface area contributed by atoms with E-state index in [1.807, 2.05) is 0 Å². The van der Waals surface area contributed by atoms with Gasteiger partial charge in [0.25, 0.3) is 0 Å². The van der Waals surface area contributed by atoms with Gasteiger partial charge in [-0.1, -0.05) is 6.42 Å². The first-order valence-corrected chi connectivity index (χ1v) is 7.37.